The van der Waals surface area contributed by atoms with Crippen LogP contribution in [0, 0.1) is 13.8 Å². The van der Waals surface area contributed by atoms with E-state index in [2.05, 4.69) is 5.32 Å². The number of anilines is 1. The van der Waals surface area contributed by atoms with E-state index in [1.54, 1.807) is 18.2 Å². The first-order valence-corrected chi connectivity index (χ1v) is 8.26. The van der Waals surface area contributed by atoms with E-state index >= 15 is 0 Å². The van der Waals surface area contributed by atoms with Crippen molar-refractivity contribution in [3.8, 4) is 0 Å². The van der Waals surface area contributed by atoms with Crippen molar-refractivity contribution in [2.45, 2.75) is 33.7 Å². The van der Waals surface area contributed by atoms with Crippen molar-refractivity contribution in [1.82, 2.24) is 4.57 Å². The summed E-state index contributed by atoms with van der Waals surface area (Å²) in [5.41, 5.74) is 8.21. The minimum Gasteiger partial charge on any atom is -0.452 e. The Kier molecular flexibility index (Phi) is 5.82. The summed E-state index contributed by atoms with van der Waals surface area (Å²) in [6.07, 6.45) is 0. The number of rotatable bonds is 6. The van der Waals surface area contributed by atoms with Crippen molar-refractivity contribution in [2.75, 3.05) is 11.9 Å². The first kappa shape index (κ1) is 19.2. The number of nitrogens with one attached hydrogen (secondary N) is 1. The second-order valence-electron chi connectivity index (χ2n) is 6.31. The fourth-order valence-electron chi connectivity index (χ4n) is 2.90. The van der Waals surface area contributed by atoms with Crippen LogP contribution in [-0.2, 0) is 9.53 Å². The van der Waals surface area contributed by atoms with Crippen LogP contribution in [0.1, 0.15) is 52.0 Å². The standard InChI is InChI=1S/C19H23N3O4/c1-11(2)22-12(3)9-16(13(22)4)19(25)26-10-17(23)21-15-7-5-14(6-8-15)18(20)24/h5-9,11H,10H2,1-4H3,(H2,20,24)(H,21,23). The Labute approximate surface area is 152 Å². The molecular weight excluding hydrogens is 334 g/mol. The molecule has 0 aliphatic heterocycles. The molecule has 0 fully saturated rings. The normalized spacial score (nSPS) is 10.7. The Morgan fingerprint density at radius 3 is 2.27 bits per heavy atom. The van der Waals surface area contributed by atoms with E-state index in [1.807, 2.05) is 32.3 Å². The Bertz CT molecular complexity index is 835. The fourth-order valence-corrected chi connectivity index (χ4v) is 2.90. The van der Waals surface area contributed by atoms with Gasteiger partial charge >= 0.3 is 5.97 Å². The van der Waals surface area contributed by atoms with E-state index < -0.39 is 24.4 Å². The highest BCUT2D eigenvalue weighted by Crippen LogP contribution is 2.20. The van der Waals surface area contributed by atoms with Gasteiger partial charge in [-0.1, -0.05) is 0 Å². The zero-order chi connectivity index (χ0) is 19.4. The molecule has 138 valence electrons. The molecule has 1 aromatic heterocycles. The number of amides is 2. The van der Waals surface area contributed by atoms with Crippen LogP contribution in [0.25, 0.3) is 0 Å². The van der Waals surface area contributed by atoms with Crippen LogP contribution in [0.5, 0.6) is 0 Å². The molecule has 0 radical (unpaired) electrons. The lowest BCUT2D eigenvalue weighted by Gasteiger charge is -2.13. The number of carbonyl (C=O) groups excluding carboxylic acids is 3. The third-order valence-electron chi connectivity index (χ3n) is 4.01. The number of esters is 1. The molecule has 0 atom stereocenters. The third-order valence-corrected chi connectivity index (χ3v) is 4.01. The summed E-state index contributed by atoms with van der Waals surface area (Å²) in [7, 11) is 0. The van der Waals surface area contributed by atoms with Crippen molar-refractivity contribution in [3.05, 3.63) is 52.8 Å². The first-order valence-electron chi connectivity index (χ1n) is 8.26. The summed E-state index contributed by atoms with van der Waals surface area (Å²) in [5, 5.41) is 2.59. The van der Waals surface area contributed by atoms with Gasteiger partial charge in [-0.25, -0.2) is 4.79 Å². The van der Waals surface area contributed by atoms with E-state index in [4.69, 9.17) is 10.5 Å². The van der Waals surface area contributed by atoms with E-state index in [1.165, 1.54) is 12.1 Å². The molecule has 0 saturated heterocycles. The number of hydrogen-bond acceptors (Lipinski definition) is 4. The molecule has 0 saturated carbocycles. The Hall–Kier alpha value is -3.09. The first-order chi connectivity index (χ1) is 12.2. The highest BCUT2D eigenvalue weighted by atomic mass is 16.5. The van der Waals surface area contributed by atoms with Crippen LogP contribution in [0.15, 0.2) is 30.3 Å². The van der Waals surface area contributed by atoms with Crippen LogP contribution in [-0.4, -0.2) is 29.0 Å². The summed E-state index contributed by atoms with van der Waals surface area (Å²) in [6.45, 7) is 7.44. The van der Waals surface area contributed by atoms with Gasteiger partial charge in [0.15, 0.2) is 6.61 Å². The number of aromatic nitrogens is 1. The number of nitrogens with two attached hydrogens (primary N) is 1. The van der Waals surface area contributed by atoms with Crippen molar-refractivity contribution >= 4 is 23.5 Å². The third kappa shape index (κ3) is 4.30. The average molecular weight is 357 g/mol. The lowest BCUT2D eigenvalue weighted by Crippen LogP contribution is -2.21. The molecule has 1 heterocycles. The molecule has 7 heteroatoms. The summed E-state index contributed by atoms with van der Waals surface area (Å²) in [6, 6.07) is 8.10. The lowest BCUT2D eigenvalue weighted by atomic mass is 10.2. The van der Waals surface area contributed by atoms with E-state index in [-0.39, 0.29) is 6.04 Å². The van der Waals surface area contributed by atoms with Gasteiger partial charge in [-0.2, -0.15) is 0 Å². The highest BCUT2D eigenvalue weighted by molar-refractivity contribution is 5.97. The number of ether oxygens (including phenoxy) is 1. The molecule has 2 rings (SSSR count). The van der Waals surface area contributed by atoms with Gasteiger partial charge in [0.05, 0.1) is 5.56 Å². The predicted octanol–water partition coefficient (Wildman–Crippen LogP) is 2.58. The number of aryl methyl sites for hydroxylation is 1. The number of hydrogen-bond donors (Lipinski definition) is 2. The number of nitrogens with zero attached hydrogens (tertiary/aromatic N) is 1. The Morgan fingerprint density at radius 1 is 1.15 bits per heavy atom. The minimum atomic E-state index is -0.546. The molecule has 0 unspecified atom stereocenters. The lowest BCUT2D eigenvalue weighted by molar-refractivity contribution is -0.119. The van der Waals surface area contributed by atoms with Crippen molar-refractivity contribution in [3.63, 3.8) is 0 Å². The van der Waals surface area contributed by atoms with Crippen LogP contribution >= 0.6 is 0 Å². The van der Waals surface area contributed by atoms with Crippen molar-refractivity contribution < 1.29 is 19.1 Å². The van der Waals surface area contributed by atoms with Crippen LogP contribution in [0.4, 0.5) is 5.69 Å². The largest absolute Gasteiger partial charge is 0.452 e. The number of carbonyl (C=O) groups is 3. The molecule has 0 bridgehead atoms. The van der Waals surface area contributed by atoms with Crippen LogP contribution in [0.3, 0.4) is 0 Å². The van der Waals surface area contributed by atoms with Gasteiger partial charge in [0.25, 0.3) is 5.91 Å². The second-order valence-corrected chi connectivity index (χ2v) is 6.31. The number of benzene rings is 1. The van der Waals surface area contributed by atoms with Gasteiger partial charge in [-0.3, -0.25) is 9.59 Å². The summed E-state index contributed by atoms with van der Waals surface area (Å²) < 4.78 is 7.15. The molecule has 26 heavy (non-hydrogen) atoms. The zero-order valence-corrected chi connectivity index (χ0v) is 15.3. The molecule has 0 aliphatic rings. The monoisotopic (exact) mass is 357 g/mol. The van der Waals surface area contributed by atoms with Gasteiger partial charge in [0, 0.05) is 28.7 Å². The Balaban J connectivity index is 1.96. The highest BCUT2D eigenvalue weighted by Gasteiger charge is 2.19. The molecule has 3 N–H and O–H groups in total. The minimum absolute atomic E-state index is 0.225. The van der Waals surface area contributed by atoms with E-state index in [0.29, 0.717) is 16.8 Å². The molecule has 7 nitrogen and oxygen atoms in total. The van der Waals surface area contributed by atoms with Gasteiger partial charge in [-0.15, -0.1) is 0 Å². The van der Waals surface area contributed by atoms with E-state index in [0.717, 1.165) is 11.4 Å². The fraction of sp³-hybridized carbons (Fsp3) is 0.316. The summed E-state index contributed by atoms with van der Waals surface area (Å²) >= 11 is 0. The molecule has 0 aliphatic carbocycles. The Morgan fingerprint density at radius 2 is 1.77 bits per heavy atom. The van der Waals surface area contributed by atoms with Crippen LogP contribution in [0.2, 0.25) is 0 Å². The molecule has 1 aromatic carbocycles. The topological polar surface area (TPSA) is 103 Å². The molecular formula is C19H23N3O4. The van der Waals surface area contributed by atoms with Gasteiger partial charge in [0.2, 0.25) is 5.91 Å². The predicted molar refractivity (Wildman–Crippen MR) is 98.2 cm³/mol. The summed E-state index contributed by atoms with van der Waals surface area (Å²) in [4.78, 5) is 35.2. The van der Waals surface area contributed by atoms with Crippen LogP contribution < -0.4 is 11.1 Å². The number of primary amides is 1. The average Bonchev–Trinajstić information content (AvgIpc) is 2.87. The van der Waals surface area contributed by atoms with Gasteiger partial charge in [-0.05, 0) is 58.0 Å². The van der Waals surface area contributed by atoms with E-state index in [9.17, 15) is 14.4 Å². The van der Waals surface area contributed by atoms with Gasteiger partial charge in [0.1, 0.15) is 0 Å². The second kappa shape index (κ2) is 7.86. The summed E-state index contributed by atoms with van der Waals surface area (Å²) in [5.74, 6) is -1.55. The quantitative estimate of drug-likeness (QED) is 0.775. The van der Waals surface area contributed by atoms with Gasteiger partial charge < -0.3 is 20.4 Å². The van der Waals surface area contributed by atoms with Crippen molar-refractivity contribution in [2.24, 2.45) is 5.73 Å². The molecule has 2 aromatic rings. The maximum absolute atomic E-state index is 12.3. The smallest absolute Gasteiger partial charge is 0.340 e. The molecule has 0 spiro atoms. The van der Waals surface area contributed by atoms with Crippen molar-refractivity contribution in [1.29, 1.82) is 0 Å². The zero-order valence-electron chi connectivity index (χ0n) is 15.3. The maximum atomic E-state index is 12.3. The SMILES string of the molecule is Cc1cc(C(=O)OCC(=O)Nc2ccc(C(N)=O)cc2)c(C)n1C(C)C. The maximum Gasteiger partial charge on any atom is 0.340 e. The molecule has 2 amide bonds.